The number of fused-ring (bicyclic) bond motifs is 1. The van der Waals surface area contributed by atoms with E-state index >= 15 is 0 Å². The Hall–Kier alpha value is -2.09. The molecule has 0 aliphatic heterocycles. The molecule has 0 bridgehead atoms. The molecule has 1 saturated carbocycles. The van der Waals surface area contributed by atoms with Crippen LogP contribution in [0.1, 0.15) is 57.8 Å². The predicted molar refractivity (Wildman–Crippen MR) is 115 cm³/mol. The maximum atomic E-state index is 12.4. The lowest BCUT2D eigenvalue weighted by Gasteiger charge is -2.27. The molecule has 0 radical (unpaired) electrons. The van der Waals surface area contributed by atoms with Crippen LogP contribution in [0.25, 0.3) is 11.0 Å². The maximum absolute atomic E-state index is 12.4. The topological polar surface area (TPSA) is 95.2 Å². The average Bonchev–Trinajstić information content (AvgIpc) is 3.07. The Bertz CT molecular complexity index is 842. The number of aliphatic hydroxyl groups is 2. The van der Waals surface area contributed by atoms with Crippen LogP contribution in [0, 0.1) is 0 Å². The molecule has 166 valence electrons. The minimum atomic E-state index is -0.591. The summed E-state index contributed by atoms with van der Waals surface area (Å²) in [6, 6.07) is 8.21. The third-order valence-electron chi connectivity index (χ3n) is 5.24. The van der Waals surface area contributed by atoms with Crippen molar-refractivity contribution >= 4 is 17.1 Å². The van der Waals surface area contributed by atoms with Crippen molar-refractivity contribution in [1.29, 1.82) is 0 Å². The van der Waals surface area contributed by atoms with Gasteiger partial charge in [0.25, 0.3) is 0 Å². The van der Waals surface area contributed by atoms with Crippen molar-refractivity contribution in [2.45, 2.75) is 77.3 Å². The fraction of sp³-hybridized carbons (Fsp3) is 0.609. The minimum absolute atomic E-state index is 0.131. The molecule has 2 aromatic rings. The van der Waals surface area contributed by atoms with Gasteiger partial charge in [-0.2, -0.15) is 0 Å². The van der Waals surface area contributed by atoms with Crippen molar-refractivity contribution in [1.82, 2.24) is 10.2 Å². The van der Waals surface area contributed by atoms with Crippen molar-refractivity contribution in [3.8, 4) is 0 Å². The second kappa shape index (κ2) is 9.81. The predicted octanol–water partition coefficient (Wildman–Crippen LogP) is 3.56. The van der Waals surface area contributed by atoms with Crippen molar-refractivity contribution in [3.63, 3.8) is 0 Å². The third-order valence-corrected chi connectivity index (χ3v) is 5.24. The molecule has 3 N–H and O–H groups in total. The van der Waals surface area contributed by atoms with E-state index in [1.807, 2.05) is 45.0 Å². The van der Waals surface area contributed by atoms with Crippen LogP contribution in [0.4, 0.5) is 4.79 Å². The van der Waals surface area contributed by atoms with Crippen LogP contribution in [0.15, 0.2) is 28.7 Å². The second-order valence-electron chi connectivity index (χ2n) is 9.11. The smallest absolute Gasteiger partial charge is 0.410 e. The molecule has 2 atom stereocenters. The number of hydrogen-bond acceptors (Lipinski definition) is 6. The summed E-state index contributed by atoms with van der Waals surface area (Å²) in [5.41, 5.74) is 1.08. The zero-order chi connectivity index (χ0) is 21.7. The van der Waals surface area contributed by atoms with Gasteiger partial charge >= 0.3 is 6.09 Å². The van der Waals surface area contributed by atoms with Crippen molar-refractivity contribution in [3.05, 3.63) is 35.6 Å². The number of rotatable bonds is 7. The van der Waals surface area contributed by atoms with E-state index in [9.17, 15) is 15.0 Å². The first-order valence-electron chi connectivity index (χ1n) is 10.7. The Labute approximate surface area is 178 Å². The zero-order valence-corrected chi connectivity index (χ0v) is 18.2. The van der Waals surface area contributed by atoms with Gasteiger partial charge in [0.15, 0.2) is 0 Å². The third kappa shape index (κ3) is 6.45. The molecule has 7 heteroatoms. The van der Waals surface area contributed by atoms with Crippen molar-refractivity contribution in [2.75, 3.05) is 13.2 Å². The fourth-order valence-corrected chi connectivity index (χ4v) is 3.81. The van der Waals surface area contributed by atoms with E-state index in [0.717, 1.165) is 48.0 Å². The maximum Gasteiger partial charge on any atom is 0.410 e. The van der Waals surface area contributed by atoms with Crippen LogP contribution in [0.2, 0.25) is 0 Å². The Morgan fingerprint density at radius 1 is 1.30 bits per heavy atom. The van der Waals surface area contributed by atoms with Crippen molar-refractivity contribution in [2.24, 2.45) is 0 Å². The molecular weight excluding hydrogens is 384 g/mol. The molecular formula is C23H34N2O5. The molecule has 1 aliphatic rings. The summed E-state index contributed by atoms with van der Waals surface area (Å²) < 4.78 is 11.4. The van der Waals surface area contributed by atoms with Crippen molar-refractivity contribution < 1.29 is 24.2 Å². The van der Waals surface area contributed by atoms with E-state index in [-0.39, 0.29) is 19.3 Å². The van der Waals surface area contributed by atoms with Gasteiger partial charge in [-0.15, -0.1) is 0 Å². The highest BCUT2D eigenvalue weighted by molar-refractivity contribution is 5.78. The molecule has 1 heterocycles. The number of carbonyl (C=O) groups is 1. The number of carbonyl (C=O) groups excluding carboxylic acids is 1. The van der Waals surface area contributed by atoms with Crippen LogP contribution in [-0.2, 0) is 17.8 Å². The summed E-state index contributed by atoms with van der Waals surface area (Å²) in [4.78, 5) is 13.9. The highest BCUT2D eigenvalue weighted by atomic mass is 16.6. The number of nitrogens with one attached hydrogen (secondary N) is 1. The van der Waals surface area contributed by atoms with Gasteiger partial charge in [-0.25, -0.2) is 4.79 Å². The summed E-state index contributed by atoms with van der Waals surface area (Å²) in [7, 11) is 0. The van der Waals surface area contributed by atoms with E-state index in [1.54, 1.807) is 0 Å². The first kappa shape index (κ1) is 22.6. The molecule has 0 spiro atoms. The molecule has 7 nitrogen and oxygen atoms in total. The van der Waals surface area contributed by atoms with Crippen LogP contribution >= 0.6 is 0 Å². The van der Waals surface area contributed by atoms with Gasteiger partial charge in [0.2, 0.25) is 0 Å². The summed E-state index contributed by atoms with van der Waals surface area (Å²) >= 11 is 0. The number of nitrogens with zero attached hydrogens (tertiary/aromatic N) is 1. The average molecular weight is 419 g/mol. The largest absolute Gasteiger partial charge is 0.460 e. The standard InChI is InChI=1S/C23H34N2O5/c1-23(2,3)30-22(28)25(9-10-26)15-16-7-8-17-12-20(29-21(17)11-16)14-24-18-5-4-6-19(27)13-18/h7-8,11-12,18-19,24,26-27H,4-6,9-10,13-15H2,1-3H3. The Balaban J connectivity index is 1.64. The number of amides is 1. The van der Waals surface area contributed by atoms with E-state index in [2.05, 4.69) is 5.32 Å². The van der Waals surface area contributed by atoms with Gasteiger partial charge in [0.1, 0.15) is 16.9 Å². The lowest BCUT2D eigenvalue weighted by Crippen LogP contribution is -2.38. The molecule has 1 aromatic carbocycles. The van der Waals surface area contributed by atoms with Gasteiger partial charge in [-0.1, -0.05) is 12.1 Å². The zero-order valence-electron chi connectivity index (χ0n) is 18.2. The van der Waals surface area contributed by atoms with E-state index in [4.69, 9.17) is 9.15 Å². The quantitative estimate of drug-likeness (QED) is 0.636. The van der Waals surface area contributed by atoms with E-state index in [1.165, 1.54) is 4.90 Å². The number of benzene rings is 1. The summed E-state index contributed by atoms with van der Waals surface area (Å²) in [6.45, 7) is 6.48. The van der Waals surface area contributed by atoms with Gasteiger partial charge in [-0.05, 0) is 64.2 Å². The number of furan rings is 1. The number of aliphatic hydroxyl groups excluding tert-OH is 2. The monoisotopic (exact) mass is 418 g/mol. The molecule has 1 aromatic heterocycles. The lowest BCUT2D eigenvalue weighted by atomic mass is 9.93. The van der Waals surface area contributed by atoms with E-state index < -0.39 is 11.7 Å². The van der Waals surface area contributed by atoms with Gasteiger partial charge in [-0.3, -0.25) is 0 Å². The van der Waals surface area contributed by atoms with Gasteiger partial charge < -0.3 is 29.6 Å². The fourth-order valence-electron chi connectivity index (χ4n) is 3.81. The molecule has 1 fully saturated rings. The summed E-state index contributed by atoms with van der Waals surface area (Å²) in [6.07, 6.45) is 3.15. The van der Waals surface area contributed by atoms with Gasteiger partial charge in [0.05, 0.1) is 19.3 Å². The second-order valence-corrected chi connectivity index (χ2v) is 9.11. The molecule has 2 unspecified atom stereocenters. The SMILES string of the molecule is CC(C)(C)OC(=O)N(CCO)Cc1ccc2cc(CNC3CCCC(O)C3)oc2c1. The Morgan fingerprint density at radius 2 is 2.10 bits per heavy atom. The normalized spacial score (nSPS) is 19.8. The molecule has 30 heavy (non-hydrogen) atoms. The summed E-state index contributed by atoms with van der Waals surface area (Å²) in [5.74, 6) is 0.849. The highest BCUT2D eigenvalue weighted by Crippen LogP contribution is 2.23. The molecule has 1 aliphatic carbocycles. The Morgan fingerprint density at radius 3 is 2.80 bits per heavy atom. The van der Waals surface area contributed by atoms with Crippen LogP contribution in [0.3, 0.4) is 0 Å². The lowest BCUT2D eigenvalue weighted by molar-refractivity contribution is 0.0201. The van der Waals surface area contributed by atoms with Gasteiger partial charge in [0, 0.05) is 24.5 Å². The van der Waals surface area contributed by atoms with Crippen LogP contribution in [0.5, 0.6) is 0 Å². The molecule has 0 saturated heterocycles. The minimum Gasteiger partial charge on any atom is -0.460 e. The number of ether oxygens (including phenoxy) is 1. The first-order chi connectivity index (χ1) is 14.2. The molecule has 3 rings (SSSR count). The van der Waals surface area contributed by atoms with E-state index in [0.29, 0.717) is 19.1 Å². The Kier molecular flexibility index (Phi) is 7.39. The van der Waals surface area contributed by atoms with Crippen LogP contribution < -0.4 is 5.32 Å². The highest BCUT2D eigenvalue weighted by Gasteiger charge is 2.22. The molecule has 1 amide bonds. The van der Waals surface area contributed by atoms with Crippen LogP contribution in [-0.4, -0.2) is 52.1 Å². The first-order valence-corrected chi connectivity index (χ1v) is 10.7. The summed E-state index contributed by atoms with van der Waals surface area (Å²) in [5, 5.41) is 23.6. The number of hydrogen-bond donors (Lipinski definition) is 3.